The third-order valence-corrected chi connectivity index (χ3v) is 10.9. The van der Waals surface area contributed by atoms with Gasteiger partial charge in [-0.05, 0) is 46.3 Å². The molecule has 286 valence electrons. The number of ketones is 1. The first-order valence-electron chi connectivity index (χ1n) is 18.3. The van der Waals surface area contributed by atoms with Gasteiger partial charge in [-0.15, -0.1) is 0 Å². The average molecular weight is 715 g/mol. The van der Waals surface area contributed by atoms with Gasteiger partial charge in [-0.3, -0.25) is 28.8 Å². The van der Waals surface area contributed by atoms with Crippen molar-refractivity contribution in [2.24, 2.45) is 33.8 Å². The van der Waals surface area contributed by atoms with E-state index in [2.05, 4.69) is 21.3 Å². The number of nitrogens with one attached hydrogen (secondary N) is 4. The van der Waals surface area contributed by atoms with Crippen LogP contribution in [0, 0.1) is 28.1 Å². The molecule has 1 aromatic rings. The van der Waals surface area contributed by atoms with Crippen LogP contribution < -0.4 is 37.9 Å². The summed E-state index contributed by atoms with van der Waals surface area (Å²) in [6.07, 6.45) is 3.38. The summed E-state index contributed by atoms with van der Waals surface area (Å²) in [6.45, 7) is 23.4. The molecular formula is C38H62N6O7. The second-order valence-electron chi connectivity index (χ2n) is 18.6. The van der Waals surface area contributed by atoms with Gasteiger partial charge < -0.3 is 31.9 Å². The van der Waals surface area contributed by atoms with Gasteiger partial charge in [-0.2, -0.15) is 0 Å². The maximum Gasteiger partial charge on any atom is 0.315 e. The molecule has 1 saturated heterocycles. The maximum atomic E-state index is 14.5. The zero-order chi connectivity index (χ0) is 39.0. The number of primary amides is 1. The summed E-state index contributed by atoms with van der Waals surface area (Å²) < 4.78 is 0. The van der Waals surface area contributed by atoms with Crippen LogP contribution in [0.3, 0.4) is 0 Å². The minimum Gasteiger partial charge on any atom is -0.379 e. The Morgan fingerprint density at radius 2 is 1.41 bits per heavy atom. The molecule has 6 N–H and O–H groups in total. The molecule has 13 nitrogen and oxygen atoms in total. The van der Waals surface area contributed by atoms with Crippen LogP contribution in [0.4, 0.5) is 10.5 Å². The van der Waals surface area contributed by atoms with Crippen molar-refractivity contribution in [3.63, 3.8) is 0 Å². The Morgan fingerprint density at radius 1 is 0.824 bits per heavy atom. The number of nitrogens with two attached hydrogens (primary N) is 1. The first kappa shape index (κ1) is 41.6. The molecule has 0 radical (unpaired) electrons. The number of urea groups is 1. The topological polar surface area (TPSA) is 197 Å². The third-order valence-electron chi connectivity index (χ3n) is 10.9. The van der Waals surface area contributed by atoms with E-state index in [4.69, 9.17) is 5.73 Å². The Morgan fingerprint density at radius 3 is 1.88 bits per heavy atom. The molecule has 13 heteroatoms. The first-order chi connectivity index (χ1) is 23.2. The van der Waals surface area contributed by atoms with Crippen LogP contribution >= 0.6 is 0 Å². The molecule has 1 aliphatic heterocycles. The lowest BCUT2D eigenvalue weighted by molar-refractivity contribution is -0.145. The first-order valence-corrected chi connectivity index (χ1v) is 18.3. The lowest BCUT2D eigenvalue weighted by atomic mass is 9.72. The highest BCUT2D eigenvalue weighted by molar-refractivity contribution is 6.37. The number of nitrogens with zero attached hydrogens (tertiary/aromatic N) is 1. The molecule has 2 unspecified atom stereocenters. The van der Waals surface area contributed by atoms with Crippen molar-refractivity contribution >= 4 is 35.2 Å². The smallest absolute Gasteiger partial charge is 0.315 e. The van der Waals surface area contributed by atoms with Crippen molar-refractivity contribution in [2.75, 3.05) is 18.4 Å². The second kappa shape index (κ2) is 15.1. The van der Waals surface area contributed by atoms with Crippen molar-refractivity contribution in [1.82, 2.24) is 20.9 Å². The fourth-order valence-corrected chi connectivity index (χ4v) is 6.99. The van der Waals surface area contributed by atoms with E-state index in [1.54, 1.807) is 0 Å². The van der Waals surface area contributed by atoms with Crippen molar-refractivity contribution in [3.05, 3.63) is 26.0 Å². The minimum atomic E-state index is -1.11. The fourth-order valence-electron chi connectivity index (χ4n) is 6.99. The molecule has 0 spiro atoms. The SMILES string of the molecule is CCC(C)(C)[C@H]1CCN(C(=O)[C@@H](NC(=O)N[C@H](CNc2c(C(C)(C)C)c(=O)c2=O)C(C)(C)C)C(C)(C)C)C1C(=O)NC(CC1CC1)C(=O)C(N)=O. The summed E-state index contributed by atoms with van der Waals surface area (Å²) in [4.78, 5) is 93.3. The van der Waals surface area contributed by atoms with Gasteiger partial charge in [0.2, 0.25) is 28.5 Å². The van der Waals surface area contributed by atoms with Gasteiger partial charge in [-0.25, -0.2) is 4.79 Å². The zero-order valence-corrected chi connectivity index (χ0v) is 32.8. The molecule has 1 saturated carbocycles. The fraction of sp³-hybridized carbons (Fsp3) is 0.763. The second-order valence-corrected chi connectivity index (χ2v) is 18.6. The van der Waals surface area contributed by atoms with E-state index in [1.165, 1.54) is 4.90 Å². The van der Waals surface area contributed by atoms with Crippen molar-refractivity contribution in [3.8, 4) is 0 Å². The van der Waals surface area contributed by atoms with E-state index in [9.17, 15) is 33.6 Å². The van der Waals surface area contributed by atoms with Gasteiger partial charge in [0.25, 0.3) is 5.91 Å². The highest BCUT2D eigenvalue weighted by Crippen LogP contribution is 2.42. The summed E-state index contributed by atoms with van der Waals surface area (Å²) in [5, 5.41) is 11.8. The molecule has 1 aliphatic carbocycles. The molecular weight excluding hydrogens is 652 g/mol. The molecule has 5 amide bonds. The van der Waals surface area contributed by atoms with Gasteiger partial charge in [-0.1, -0.05) is 102 Å². The van der Waals surface area contributed by atoms with Crippen LogP contribution in [-0.4, -0.2) is 71.7 Å². The number of hydrogen-bond acceptors (Lipinski definition) is 8. The van der Waals surface area contributed by atoms with Gasteiger partial charge in [0.05, 0.1) is 17.8 Å². The zero-order valence-electron chi connectivity index (χ0n) is 32.8. The lowest BCUT2D eigenvalue weighted by Gasteiger charge is -2.40. The molecule has 51 heavy (non-hydrogen) atoms. The summed E-state index contributed by atoms with van der Waals surface area (Å²) in [7, 11) is 0. The quantitative estimate of drug-likeness (QED) is 0.181. The molecule has 1 heterocycles. The predicted molar refractivity (Wildman–Crippen MR) is 198 cm³/mol. The van der Waals surface area contributed by atoms with Gasteiger partial charge in [0, 0.05) is 18.7 Å². The molecule has 0 aromatic heterocycles. The molecule has 1 aromatic carbocycles. The van der Waals surface area contributed by atoms with Crippen LogP contribution in [0.2, 0.25) is 0 Å². The number of carbonyl (C=O) groups is 5. The van der Waals surface area contributed by atoms with E-state index in [0.29, 0.717) is 18.4 Å². The highest BCUT2D eigenvalue weighted by atomic mass is 16.2. The van der Waals surface area contributed by atoms with Crippen LogP contribution in [0.15, 0.2) is 9.59 Å². The monoisotopic (exact) mass is 714 g/mol. The van der Waals surface area contributed by atoms with E-state index in [-0.39, 0.29) is 36.0 Å². The minimum absolute atomic E-state index is 0.160. The highest BCUT2D eigenvalue weighted by Gasteiger charge is 2.51. The largest absolute Gasteiger partial charge is 0.379 e. The van der Waals surface area contributed by atoms with E-state index >= 15 is 0 Å². The Labute approximate surface area is 302 Å². The number of Topliss-reactive ketones (excluding diaryl/α,β-unsaturated/α-hetero) is 1. The Bertz CT molecular complexity index is 1570. The molecule has 2 fully saturated rings. The van der Waals surface area contributed by atoms with E-state index in [0.717, 1.165) is 19.3 Å². The Kier molecular flexibility index (Phi) is 12.3. The maximum absolute atomic E-state index is 14.5. The van der Waals surface area contributed by atoms with E-state index < -0.39 is 80.8 Å². The van der Waals surface area contributed by atoms with Crippen molar-refractivity contribution in [2.45, 2.75) is 145 Å². The van der Waals surface area contributed by atoms with Crippen LogP contribution in [0.1, 0.15) is 121 Å². The molecule has 3 rings (SSSR count). The lowest BCUT2D eigenvalue weighted by Crippen LogP contribution is -2.62. The summed E-state index contributed by atoms with van der Waals surface area (Å²) >= 11 is 0. The number of likely N-dealkylation sites (tertiary alicyclic amines) is 1. The standard InChI is InChI=1S/C38H62N6O7/c1-13-38(11,12)21-16-17-44(26(21)32(49)41-22(18-20-14-15-20)27(45)31(39)48)33(50)30(37(8,9)10)43-34(51)42-23(35(2,3)4)19-40-25-24(36(5,6)7)28(46)29(25)47/h20-23,26,30,40H,13-19H2,1-12H3,(H2,39,48)(H,41,49)(H2,42,43,51)/t21-,22?,23+,26?,30+/m0/s1. The van der Waals surface area contributed by atoms with Crippen molar-refractivity contribution in [1.29, 1.82) is 0 Å². The van der Waals surface area contributed by atoms with Crippen LogP contribution in [0.5, 0.6) is 0 Å². The number of anilines is 1. The van der Waals surface area contributed by atoms with Crippen LogP contribution in [-0.2, 0) is 24.6 Å². The molecule has 0 bridgehead atoms. The van der Waals surface area contributed by atoms with Crippen LogP contribution in [0.25, 0.3) is 0 Å². The Balaban J connectivity index is 1.87. The summed E-state index contributed by atoms with van der Waals surface area (Å²) in [6, 6.07) is -4.17. The number of carbonyl (C=O) groups excluding carboxylic acids is 5. The summed E-state index contributed by atoms with van der Waals surface area (Å²) in [5.74, 6) is -2.96. The predicted octanol–water partition coefficient (Wildman–Crippen LogP) is 3.11. The third kappa shape index (κ3) is 9.77. The number of rotatable bonds is 14. The van der Waals surface area contributed by atoms with Crippen molar-refractivity contribution < 1.29 is 24.0 Å². The van der Waals surface area contributed by atoms with E-state index in [1.807, 2.05) is 83.1 Å². The number of amides is 5. The average Bonchev–Trinajstić information content (AvgIpc) is 3.70. The summed E-state index contributed by atoms with van der Waals surface area (Å²) in [5.41, 5.74) is 2.80. The molecule has 5 atom stereocenters. The van der Waals surface area contributed by atoms with Gasteiger partial charge >= 0.3 is 6.03 Å². The Hall–Kier alpha value is -3.77. The number of hydrogen-bond donors (Lipinski definition) is 5. The van der Waals surface area contributed by atoms with Gasteiger partial charge in [0.15, 0.2) is 0 Å². The van der Waals surface area contributed by atoms with Gasteiger partial charge in [0.1, 0.15) is 12.1 Å². The molecule has 2 aliphatic rings. The normalized spacial score (nSPS) is 20.4.